The summed E-state index contributed by atoms with van der Waals surface area (Å²) >= 11 is 0. The molecule has 2 amide bonds. The molecule has 102 valence electrons. The highest BCUT2D eigenvalue weighted by Gasteiger charge is 2.26. The molecule has 19 heavy (non-hydrogen) atoms. The van der Waals surface area contributed by atoms with Gasteiger partial charge in [-0.2, -0.15) is 0 Å². The Morgan fingerprint density at radius 2 is 2.05 bits per heavy atom. The smallest absolute Gasteiger partial charge is 0.272 e. The van der Waals surface area contributed by atoms with E-state index in [-0.39, 0.29) is 17.6 Å². The van der Waals surface area contributed by atoms with E-state index < -0.39 is 11.9 Å². The zero-order chi connectivity index (χ0) is 13.8. The molecule has 1 aromatic rings. The third-order valence-electron chi connectivity index (χ3n) is 2.81. The molecule has 1 atom stereocenters. The van der Waals surface area contributed by atoms with Crippen LogP contribution in [0.3, 0.4) is 0 Å². The molecular formula is C12H17N5O2. The van der Waals surface area contributed by atoms with Gasteiger partial charge in [0.15, 0.2) is 0 Å². The average Bonchev–Trinajstić information content (AvgIpc) is 3.22. The highest BCUT2D eigenvalue weighted by molar-refractivity contribution is 5.95. The molecule has 7 nitrogen and oxygen atoms in total. The van der Waals surface area contributed by atoms with E-state index in [2.05, 4.69) is 25.9 Å². The van der Waals surface area contributed by atoms with Crippen LogP contribution in [0.1, 0.15) is 30.3 Å². The lowest BCUT2D eigenvalue weighted by atomic mass is 10.3. The predicted molar refractivity (Wildman–Crippen MR) is 69.7 cm³/mol. The highest BCUT2D eigenvalue weighted by Crippen LogP contribution is 2.18. The number of hydrogen-bond acceptors (Lipinski definition) is 5. The minimum absolute atomic E-state index is 0.171. The maximum Gasteiger partial charge on any atom is 0.272 e. The molecule has 0 spiro atoms. The fraction of sp³-hybridized carbons (Fsp3) is 0.500. The number of rotatable bonds is 5. The molecule has 1 heterocycles. The number of anilines is 1. The normalized spacial score (nSPS) is 15.5. The summed E-state index contributed by atoms with van der Waals surface area (Å²) in [4.78, 5) is 31.5. The minimum atomic E-state index is -0.584. The summed E-state index contributed by atoms with van der Waals surface area (Å²) in [6.07, 6.45) is 4.86. The van der Waals surface area contributed by atoms with E-state index in [1.807, 2.05) is 0 Å². The monoisotopic (exact) mass is 263 g/mol. The van der Waals surface area contributed by atoms with Gasteiger partial charge < -0.3 is 16.0 Å². The van der Waals surface area contributed by atoms with E-state index in [1.165, 1.54) is 12.4 Å². The molecule has 1 unspecified atom stereocenters. The Bertz CT molecular complexity index is 470. The van der Waals surface area contributed by atoms with E-state index in [9.17, 15) is 9.59 Å². The predicted octanol–water partition coefficient (Wildman–Crippen LogP) is -0.0848. The standard InChI is InChI=1S/C12H17N5O2/c1-7(11(18)17-8-3-4-8)16-12(19)9-5-15-10(13-2)6-14-9/h5-8H,3-4H2,1-2H3,(H,13,15)(H,16,19)(H,17,18). The van der Waals surface area contributed by atoms with Crippen LogP contribution in [0.4, 0.5) is 5.82 Å². The first kappa shape index (κ1) is 13.3. The number of hydrogen-bond donors (Lipinski definition) is 3. The second-order valence-electron chi connectivity index (χ2n) is 4.51. The number of nitrogens with zero attached hydrogens (tertiary/aromatic N) is 2. The maximum absolute atomic E-state index is 11.8. The Labute approximate surface area is 111 Å². The summed E-state index contributed by atoms with van der Waals surface area (Å²) in [6, 6.07) is -0.305. The quantitative estimate of drug-likeness (QED) is 0.690. The second kappa shape index (κ2) is 5.64. The fourth-order valence-corrected chi connectivity index (χ4v) is 1.46. The lowest BCUT2D eigenvalue weighted by Crippen LogP contribution is -2.45. The van der Waals surface area contributed by atoms with Crippen molar-refractivity contribution in [1.82, 2.24) is 20.6 Å². The topological polar surface area (TPSA) is 96.0 Å². The number of carbonyl (C=O) groups is 2. The van der Waals surface area contributed by atoms with Gasteiger partial charge in [0, 0.05) is 13.1 Å². The van der Waals surface area contributed by atoms with Crippen LogP contribution in [0.2, 0.25) is 0 Å². The molecule has 1 fully saturated rings. The number of carbonyl (C=O) groups excluding carboxylic acids is 2. The lowest BCUT2D eigenvalue weighted by Gasteiger charge is -2.13. The summed E-state index contributed by atoms with van der Waals surface area (Å²) in [5.41, 5.74) is 0.185. The van der Waals surface area contributed by atoms with Crippen LogP contribution in [0.5, 0.6) is 0 Å². The van der Waals surface area contributed by atoms with Gasteiger partial charge in [0.2, 0.25) is 5.91 Å². The van der Waals surface area contributed by atoms with Gasteiger partial charge in [0.25, 0.3) is 5.91 Å². The van der Waals surface area contributed by atoms with Crippen molar-refractivity contribution >= 4 is 17.6 Å². The molecule has 0 bridgehead atoms. The van der Waals surface area contributed by atoms with Gasteiger partial charge in [-0.3, -0.25) is 9.59 Å². The zero-order valence-electron chi connectivity index (χ0n) is 10.9. The first-order chi connectivity index (χ1) is 9.10. The van der Waals surface area contributed by atoms with Crippen LogP contribution in [0.15, 0.2) is 12.4 Å². The molecule has 1 saturated carbocycles. The van der Waals surface area contributed by atoms with E-state index in [4.69, 9.17) is 0 Å². The van der Waals surface area contributed by atoms with Gasteiger partial charge >= 0.3 is 0 Å². The Balaban J connectivity index is 1.89. The SMILES string of the molecule is CNc1cnc(C(=O)NC(C)C(=O)NC2CC2)cn1. The number of nitrogens with one attached hydrogen (secondary N) is 3. The Morgan fingerprint density at radius 3 is 2.58 bits per heavy atom. The van der Waals surface area contributed by atoms with Gasteiger partial charge in [-0.15, -0.1) is 0 Å². The molecule has 0 aliphatic heterocycles. The molecule has 7 heteroatoms. The number of amides is 2. The summed E-state index contributed by atoms with van der Waals surface area (Å²) in [5.74, 6) is 0.000305. The molecule has 1 aliphatic rings. The summed E-state index contributed by atoms with van der Waals surface area (Å²) in [7, 11) is 1.72. The first-order valence-corrected chi connectivity index (χ1v) is 6.21. The maximum atomic E-state index is 11.8. The van der Waals surface area contributed by atoms with Crippen molar-refractivity contribution in [3.63, 3.8) is 0 Å². The summed E-state index contributed by atoms with van der Waals surface area (Å²) in [6.45, 7) is 1.64. The van der Waals surface area contributed by atoms with Crippen LogP contribution in [0, 0.1) is 0 Å². The van der Waals surface area contributed by atoms with E-state index in [0.717, 1.165) is 12.8 Å². The van der Waals surface area contributed by atoms with Crippen molar-refractivity contribution in [2.45, 2.75) is 31.8 Å². The van der Waals surface area contributed by atoms with Crippen molar-refractivity contribution < 1.29 is 9.59 Å². The molecule has 1 aromatic heterocycles. The van der Waals surface area contributed by atoms with Crippen molar-refractivity contribution in [2.24, 2.45) is 0 Å². The molecule has 2 rings (SSSR count). The van der Waals surface area contributed by atoms with Gasteiger partial charge in [0.05, 0.1) is 12.4 Å². The largest absolute Gasteiger partial charge is 0.372 e. The van der Waals surface area contributed by atoms with Gasteiger partial charge in [-0.1, -0.05) is 0 Å². The van der Waals surface area contributed by atoms with Crippen molar-refractivity contribution in [2.75, 3.05) is 12.4 Å². The van der Waals surface area contributed by atoms with Crippen LogP contribution in [-0.2, 0) is 4.79 Å². The second-order valence-corrected chi connectivity index (χ2v) is 4.51. The Hall–Kier alpha value is -2.18. The molecule has 0 saturated heterocycles. The van der Waals surface area contributed by atoms with Crippen molar-refractivity contribution in [3.05, 3.63) is 18.1 Å². The zero-order valence-corrected chi connectivity index (χ0v) is 10.9. The molecular weight excluding hydrogens is 246 g/mol. The van der Waals surface area contributed by atoms with Crippen LogP contribution < -0.4 is 16.0 Å². The van der Waals surface area contributed by atoms with E-state index in [0.29, 0.717) is 5.82 Å². The Morgan fingerprint density at radius 1 is 1.32 bits per heavy atom. The summed E-state index contributed by atoms with van der Waals surface area (Å²) < 4.78 is 0. The third-order valence-corrected chi connectivity index (χ3v) is 2.81. The molecule has 0 radical (unpaired) electrons. The fourth-order valence-electron chi connectivity index (χ4n) is 1.46. The van der Waals surface area contributed by atoms with Gasteiger partial charge in [0.1, 0.15) is 17.6 Å². The van der Waals surface area contributed by atoms with Gasteiger partial charge in [-0.05, 0) is 19.8 Å². The van der Waals surface area contributed by atoms with E-state index >= 15 is 0 Å². The molecule has 0 aromatic carbocycles. The Kier molecular flexibility index (Phi) is 3.94. The molecule has 1 aliphatic carbocycles. The summed E-state index contributed by atoms with van der Waals surface area (Å²) in [5, 5.41) is 8.23. The highest BCUT2D eigenvalue weighted by atomic mass is 16.2. The number of aromatic nitrogens is 2. The van der Waals surface area contributed by atoms with Crippen molar-refractivity contribution in [1.29, 1.82) is 0 Å². The van der Waals surface area contributed by atoms with Crippen LogP contribution in [-0.4, -0.2) is 40.9 Å². The van der Waals surface area contributed by atoms with Crippen molar-refractivity contribution in [3.8, 4) is 0 Å². The van der Waals surface area contributed by atoms with Gasteiger partial charge in [-0.25, -0.2) is 9.97 Å². The average molecular weight is 263 g/mol. The van der Waals surface area contributed by atoms with Crippen LogP contribution >= 0.6 is 0 Å². The lowest BCUT2D eigenvalue weighted by molar-refractivity contribution is -0.122. The first-order valence-electron chi connectivity index (χ1n) is 6.21. The third kappa shape index (κ3) is 3.64. The minimum Gasteiger partial charge on any atom is -0.372 e. The molecule has 3 N–H and O–H groups in total. The van der Waals surface area contributed by atoms with E-state index in [1.54, 1.807) is 14.0 Å². The van der Waals surface area contributed by atoms with Crippen LogP contribution in [0.25, 0.3) is 0 Å².